The monoisotopic (exact) mass is 372 g/mol. The van der Waals surface area contributed by atoms with Crippen molar-refractivity contribution in [3.05, 3.63) is 78.4 Å². The van der Waals surface area contributed by atoms with Crippen molar-refractivity contribution in [2.75, 3.05) is 26.3 Å². The molecule has 5 rings (SSSR count). The lowest BCUT2D eigenvalue weighted by molar-refractivity contribution is -0.0504. The largest absolute Gasteiger partial charge is 0.491 e. The lowest BCUT2D eigenvalue weighted by Gasteiger charge is -2.32. The number of H-pyrrole nitrogens is 1. The highest BCUT2D eigenvalue weighted by Gasteiger charge is 2.21. The molecular formula is C24H24N2O2. The van der Waals surface area contributed by atoms with E-state index in [4.69, 9.17) is 9.47 Å². The molecule has 1 saturated heterocycles. The fraction of sp³-hybridized carbons (Fsp3) is 0.250. The van der Waals surface area contributed by atoms with Crippen LogP contribution in [0.15, 0.2) is 72.8 Å². The van der Waals surface area contributed by atoms with E-state index in [-0.39, 0.29) is 6.10 Å². The lowest BCUT2D eigenvalue weighted by Crippen LogP contribution is -2.44. The highest BCUT2D eigenvalue weighted by molar-refractivity contribution is 6.07. The predicted octanol–water partition coefficient (Wildman–Crippen LogP) is 4.60. The Hall–Kier alpha value is -2.82. The zero-order chi connectivity index (χ0) is 18.8. The van der Waals surface area contributed by atoms with Crippen LogP contribution in [-0.4, -0.2) is 42.3 Å². The number of morpholine rings is 1. The summed E-state index contributed by atoms with van der Waals surface area (Å²) in [6, 6.07) is 25.2. The Bertz CT molecular complexity index is 1070. The normalized spacial score (nSPS) is 17.9. The molecule has 0 radical (unpaired) electrons. The molecule has 1 aromatic heterocycles. The SMILES string of the molecule is c1ccc(CN2CCOC(COc3ccc4c(c3)[nH]c3ccccc34)C2)cc1. The quantitative estimate of drug-likeness (QED) is 0.556. The zero-order valence-electron chi connectivity index (χ0n) is 15.8. The summed E-state index contributed by atoms with van der Waals surface area (Å²) in [6.07, 6.45) is 0.0934. The summed E-state index contributed by atoms with van der Waals surface area (Å²) in [5.41, 5.74) is 3.60. The highest BCUT2D eigenvalue weighted by atomic mass is 16.5. The van der Waals surface area contributed by atoms with Crippen molar-refractivity contribution >= 4 is 21.8 Å². The van der Waals surface area contributed by atoms with Crippen molar-refractivity contribution in [3.63, 3.8) is 0 Å². The molecule has 1 atom stereocenters. The summed E-state index contributed by atoms with van der Waals surface area (Å²) in [5, 5.41) is 2.47. The number of hydrogen-bond acceptors (Lipinski definition) is 3. The third-order valence-electron chi connectivity index (χ3n) is 5.39. The van der Waals surface area contributed by atoms with E-state index in [2.05, 4.69) is 76.6 Å². The van der Waals surface area contributed by atoms with Gasteiger partial charge in [-0.2, -0.15) is 0 Å². The van der Waals surface area contributed by atoms with E-state index >= 15 is 0 Å². The van der Waals surface area contributed by atoms with E-state index in [1.54, 1.807) is 0 Å². The minimum absolute atomic E-state index is 0.0934. The van der Waals surface area contributed by atoms with E-state index < -0.39 is 0 Å². The number of fused-ring (bicyclic) bond motifs is 3. The second kappa shape index (κ2) is 7.66. The molecule has 2 heterocycles. The summed E-state index contributed by atoms with van der Waals surface area (Å²) >= 11 is 0. The van der Waals surface area contributed by atoms with Crippen LogP contribution < -0.4 is 4.74 Å². The van der Waals surface area contributed by atoms with Crippen LogP contribution in [0.3, 0.4) is 0 Å². The number of aromatic nitrogens is 1. The van der Waals surface area contributed by atoms with Crippen molar-refractivity contribution in [2.45, 2.75) is 12.6 Å². The van der Waals surface area contributed by atoms with E-state index in [9.17, 15) is 0 Å². The van der Waals surface area contributed by atoms with Gasteiger partial charge in [-0.3, -0.25) is 4.90 Å². The Morgan fingerprint density at radius 3 is 2.68 bits per heavy atom. The fourth-order valence-electron chi connectivity index (χ4n) is 3.98. The van der Waals surface area contributed by atoms with Crippen molar-refractivity contribution in [1.82, 2.24) is 9.88 Å². The smallest absolute Gasteiger partial charge is 0.121 e. The van der Waals surface area contributed by atoms with Crippen molar-refractivity contribution in [2.24, 2.45) is 0 Å². The van der Waals surface area contributed by atoms with Gasteiger partial charge in [0.15, 0.2) is 0 Å². The van der Waals surface area contributed by atoms with E-state index in [1.807, 2.05) is 6.07 Å². The van der Waals surface area contributed by atoms with Crippen molar-refractivity contribution in [1.29, 1.82) is 0 Å². The molecule has 0 amide bonds. The van der Waals surface area contributed by atoms with Crippen LogP contribution in [-0.2, 0) is 11.3 Å². The standard InChI is InChI=1S/C24H24N2O2/c1-2-6-18(7-3-1)15-26-12-13-27-20(16-26)17-28-19-10-11-22-21-8-4-5-9-23(21)25-24(22)14-19/h1-11,14,20,25H,12-13,15-17H2. The maximum atomic E-state index is 6.08. The van der Waals surface area contributed by atoms with Gasteiger partial charge in [-0.15, -0.1) is 0 Å². The molecular weight excluding hydrogens is 348 g/mol. The maximum Gasteiger partial charge on any atom is 0.121 e. The van der Waals surface area contributed by atoms with Crippen LogP contribution in [0.1, 0.15) is 5.56 Å². The van der Waals surface area contributed by atoms with Crippen LogP contribution in [0.2, 0.25) is 0 Å². The van der Waals surface area contributed by atoms with Gasteiger partial charge in [0.2, 0.25) is 0 Å². The molecule has 4 heteroatoms. The van der Waals surface area contributed by atoms with Crippen LogP contribution >= 0.6 is 0 Å². The summed E-state index contributed by atoms with van der Waals surface area (Å²) in [7, 11) is 0. The first kappa shape index (κ1) is 17.3. The zero-order valence-corrected chi connectivity index (χ0v) is 15.8. The number of benzene rings is 3. The topological polar surface area (TPSA) is 37.5 Å². The predicted molar refractivity (Wildman–Crippen MR) is 113 cm³/mol. The summed E-state index contributed by atoms with van der Waals surface area (Å²) in [6.45, 7) is 4.14. The van der Waals surface area contributed by atoms with Gasteiger partial charge in [-0.05, 0) is 23.8 Å². The first-order valence-corrected chi connectivity index (χ1v) is 9.86. The Balaban J connectivity index is 1.23. The number of nitrogens with zero attached hydrogens (tertiary/aromatic N) is 1. The number of rotatable bonds is 5. The Morgan fingerprint density at radius 1 is 0.929 bits per heavy atom. The minimum Gasteiger partial charge on any atom is -0.491 e. The summed E-state index contributed by atoms with van der Waals surface area (Å²) < 4.78 is 12.0. The molecule has 0 saturated carbocycles. The molecule has 4 aromatic rings. The average molecular weight is 372 g/mol. The first-order chi connectivity index (χ1) is 13.8. The number of aromatic amines is 1. The van der Waals surface area contributed by atoms with Crippen molar-refractivity contribution < 1.29 is 9.47 Å². The van der Waals surface area contributed by atoms with E-state index in [0.29, 0.717) is 6.61 Å². The molecule has 1 fully saturated rings. The number of para-hydroxylation sites is 1. The van der Waals surface area contributed by atoms with E-state index in [0.717, 1.165) is 43.0 Å². The maximum absolute atomic E-state index is 6.08. The number of nitrogens with one attached hydrogen (secondary N) is 1. The molecule has 0 bridgehead atoms. The van der Waals surface area contributed by atoms with Gasteiger partial charge in [0, 0.05) is 42.0 Å². The second-order valence-electron chi connectivity index (χ2n) is 7.40. The molecule has 1 N–H and O–H groups in total. The molecule has 0 spiro atoms. The van der Waals surface area contributed by atoms with Gasteiger partial charge >= 0.3 is 0 Å². The summed E-state index contributed by atoms with van der Waals surface area (Å²) in [4.78, 5) is 5.91. The van der Waals surface area contributed by atoms with Gasteiger partial charge in [0.05, 0.1) is 12.1 Å². The molecule has 1 aliphatic heterocycles. The second-order valence-corrected chi connectivity index (χ2v) is 7.40. The van der Waals surface area contributed by atoms with Crippen LogP contribution in [0, 0.1) is 0 Å². The Kier molecular flexibility index (Phi) is 4.73. The molecule has 0 aliphatic carbocycles. The Labute approximate surface area is 164 Å². The van der Waals surface area contributed by atoms with Crippen LogP contribution in [0.25, 0.3) is 21.8 Å². The molecule has 1 aliphatic rings. The van der Waals surface area contributed by atoms with Gasteiger partial charge in [-0.25, -0.2) is 0 Å². The number of hydrogen-bond donors (Lipinski definition) is 1. The Morgan fingerprint density at radius 2 is 1.75 bits per heavy atom. The molecule has 3 aromatic carbocycles. The molecule has 28 heavy (non-hydrogen) atoms. The van der Waals surface area contributed by atoms with Crippen LogP contribution in [0.4, 0.5) is 0 Å². The van der Waals surface area contributed by atoms with Crippen molar-refractivity contribution in [3.8, 4) is 5.75 Å². The minimum atomic E-state index is 0.0934. The molecule has 1 unspecified atom stereocenters. The van der Waals surface area contributed by atoms with Gasteiger partial charge in [-0.1, -0.05) is 48.5 Å². The highest BCUT2D eigenvalue weighted by Crippen LogP contribution is 2.28. The number of ether oxygens (including phenoxy) is 2. The fourth-order valence-corrected chi connectivity index (χ4v) is 3.98. The average Bonchev–Trinajstić information content (AvgIpc) is 3.11. The summed E-state index contributed by atoms with van der Waals surface area (Å²) in [5.74, 6) is 0.878. The lowest BCUT2D eigenvalue weighted by atomic mass is 10.1. The van der Waals surface area contributed by atoms with Gasteiger partial charge < -0.3 is 14.5 Å². The third kappa shape index (κ3) is 3.61. The first-order valence-electron chi connectivity index (χ1n) is 9.86. The molecule has 142 valence electrons. The third-order valence-corrected chi connectivity index (χ3v) is 5.39. The van der Waals surface area contributed by atoms with Crippen LogP contribution in [0.5, 0.6) is 5.75 Å². The van der Waals surface area contributed by atoms with Gasteiger partial charge in [0.1, 0.15) is 18.5 Å². The van der Waals surface area contributed by atoms with E-state index in [1.165, 1.54) is 16.3 Å². The van der Waals surface area contributed by atoms with Gasteiger partial charge in [0.25, 0.3) is 0 Å². The molecule has 4 nitrogen and oxygen atoms in total.